The summed E-state index contributed by atoms with van der Waals surface area (Å²) < 4.78 is 11.1. The zero-order valence-corrected chi connectivity index (χ0v) is 25.9. The molecule has 1 fully saturated rings. The standard InChI is InChI=1S/C32H38N6O7/c1-5-44-31(42)37-19-17-36(18-20-37)30(41)23(14-15-27(39)45-32(2,3)4)35-29(40)25-21-24(26-13-9-10-16-38(26)43)33-28(34-25)22-11-7-6-8-12-22/h6-13,16,21,23H,5,14-15,17-20H2,1-4H3,(H,35,40)/t23-/m0/s1. The van der Waals surface area contributed by atoms with Crippen molar-refractivity contribution in [1.82, 2.24) is 25.1 Å². The lowest BCUT2D eigenvalue weighted by Crippen LogP contribution is -2.56. The molecule has 0 spiro atoms. The number of benzene rings is 1. The number of aromatic nitrogens is 3. The van der Waals surface area contributed by atoms with E-state index in [-0.39, 0.29) is 68.5 Å². The molecule has 1 N–H and O–H groups in total. The average Bonchev–Trinajstić information content (AvgIpc) is 3.02. The van der Waals surface area contributed by atoms with Crippen molar-refractivity contribution in [2.45, 2.75) is 52.2 Å². The minimum atomic E-state index is -1.10. The van der Waals surface area contributed by atoms with Gasteiger partial charge in [-0.3, -0.25) is 14.4 Å². The van der Waals surface area contributed by atoms with E-state index in [0.29, 0.717) is 10.3 Å². The number of nitrogens with zero attached hydrogens (tertiary/aromatic N) is 5. The molecule has 3 aromatic rings. The fourth-order valence-electron chi connectivity index (χ4n) is 4.73. The molecule has 0 radical (unpaired) electrons. The first-order valence-corrected chi connectivity index (χ1v) is 14.8. The van der Waals surface area contributed by atoms with Crippen molar-refractivity contribution < 1.29 is 33.4 Å². The van der Waals surface area contributed by atoms with Crippen LogP contribution in [0.4, 0.5) is 4.79 Å². The first-order valence-electron chi connectivity index (χ1n) is 14.8. The van der Waals surface area contributed by atoms with E-state index >= 15 is 0 Å². The Labute approximate surface area is 261 Å². The Morgan fingerprint density at radius 2 is 1.64 bits per heavy atom. The van der Waals surface area contributed by atoms with Gasteiger partial charge in [0, 0.05) is 56.4 Å². The van der Waals surface area contributed by atoms with Crippen LogP contribution in [0.5, 0.6) is 0 Å². The summed E-state index contributed by atoms with van der Waals surface area (Å²) in [5, 5.41) is 15.3. The third-order valence-electron chi connectivity index (χ3n) is 6.86. The van der Waals surface area contributed by atoms with E-state index in [4.69, 9.17) is 9.47 Å². The van der Waals surface area contributed by atoms with Crippen LogP contribution >= 0.6 is 0 Å². The summed E-state index contributed by atoms with van der Waals surface area (Å²) in [6.45, 7) is 8.17. The average molecular weight is 619 g/mol. The Bertz CT molecular complexity index is 1520. The maximum atomic E-state index is 13.7. The molecule has 3 heterocycles. The van der Waals surface area contributed by atoms with Gasteiger partial charge in [0.2, 0.25) is 11.6 Å². The van der Waals surface area contributed by atoms with Gasteiger partial charge in [-0.25, -0.2) is 14.8 Å². The van der Waals surface area contributed by atoms with Gasteiger partial charge in [0.1, 0.15) is 23.0 Å². The number of piperazine rings is 1. The molecular weight excluding hydrogens is 580 g/mol. The zero-order chi connectivity index (χ0) is 32.6. The monoisotopic (exact) mass is 618 g/mol. The lowest BCUT2D eigenvalue weighted by atomic mass is 10.1. The van der Waals surface area contributed by atoms with Crippen molar-refractivity contribution >= 4 is 23.9 Å². The highest BCUT2D eigenvalue weighted by Crippen LogP contribution is 2.21. The number of amides is 3. The second kappa shape index (κ2) is 14.6. The lowest BCUT2D eigenvalue weighted by Gasteiger charge is -2.36. The molecule has 4 rings (SSSR count). The summed E-state index contributed by atoms with van der Waals surface area (Å²) in [5.41, 5.74) is 0.271. The number of hydrogen-bond donors (Lipinski definition) is 1. The molecule has 0 bridgehead atoms. The number of hydrogen-bond acceptors (Lipinski definition) is 9. The number of carbonyl (C=O) groups excluding carboxylic acids is 4. The first kappa shape index (κ1) is 32.8. The van der Waals surface area contributed by atoms with E-state index in [2.05, 4.69) is 15.3 Å². The molecule has 0 unspecified atom stereocenters. The quantitative estimate of drug-likeness (QED) is 0.216. The molecule has 1 aliphatic heterocycles. The van der Waals surface area contributed by atoms with Crippen molar-refractivity contribution in [1.29, 1.82) is 0 Å². The number of pyridine rings is 1. The summed E-state index contributed by atoms with van der Waals surface area (Å²) in [5.74, 6) is -1.39. The summed E-state index contributed by atoms with van der Waals surface area (Å²) in [6, 6.07) is 14.1. The Morgan fingerprint density at radius 3 is 2.29 bits per heavy atom. The molecule has 2 aromatic heterocycles. The molecule has 45 heavy (non-hydrogen) atoms. The van der Waals surface area contributed by atoms with Gasteiger partial charge in [0.25, 0.3) is 5.91 Å². The van der Waals surface area contributed by atoms with Crippen LogP contribution in [-0.4, -0.2) is 88.1 Å². The summed E-state index contributed by atoms with van der Waals surface area (Å²) in [6.07, 6.45) is 0.722. The SMILES string of the molecule is CCOC(=O)N1CCN(C(=O)[C@H](CCC(=O)OC(C)(C)C)NC(=O)c2cc(-c3cccc[n+]3[O-])nc(-c3ccccc3)n2)CC1. The second-order valence-electron chi connectivity index (χ2n) is 11.4. The molecule has 13 nitrogen and oxygen atoms in total. The molecule has 13 heteroatoms. The van der Waals surface area contributed by atoms with E-state index in [0.717, 1.165) is 0 Å². The van der Waals surface area contributed by atoms with E-state index < -0.39 is 35.5 Å². The van der Waals surface area contributed by atoms with Crippen LogP contribution < -0.4 is 10.0 Å². The lowest BCUT2D eigenvalue weighted by molar-refractivity contribution is -0.593. The molecule has 0 aliphatic carbocycles. The van der Waals surface area contributed by atoms with Crippen molar-refractivity contribution in [2.75, 3.05) is 32.8 Å². The number of nitrogens with one attached hydrogen (secondary N) is 1. The first-order chi connectivity index (χ1) is 21.4. The van der Waals surface area contributed by atoms with Crippen LogP contribution in [0.15, 0.2) is 60.8 Å². The van der Waals surface area contributed by atoms with Crippen LogP contribution in [0.2, 0.25) is 0 Å². The van der Waals surface area contributed by atoms with Gasteiger partial charge < -0.3 is 29.8 Å². The van der Waals surface area contributed by atoms with E-state index in [1.54, 1.807) is 75.1 Å². The number of esters is 1. The van der Waals surface area contributed by atoms with Crippen molar-refractivity contribution in [3.63, 3.8) is 0 Å². The maximum Gasteiger partial charge on any atom is 0.409 e. The van der Waals surface area contributed by atoms with Gasteiger partial charge >= 0.3 is 12.1 Å². The van der Waals surface area contributed by atoms with E-state index in [1.807, 2.05) is 6.07 Å². The Balaban J connectivity index is 1.61. The molecule has 1 aliphatic rings. The van der Waals surface area contributed by atoms with E-state index in [1.165, 1.54) is 17.2 Å². The van der Waals surface area contributed by atoms with Gasteiger partial charge in [-0.1, -0.05) is 30.3 Å². The van der Waals surface area contributed by atoms with Gasteiger partial charge in [0.15, 0.2) is 12.0 Å². The molecular formula is C32H38N6O7. The van der Waals surface area contributed by atoms with E-state index in [9.17, 15) is 24.4 Å². The van der Waals surface area contributed by atoms with Gasteiger partial charge in [0.05, 0.1) is 6.61 Å². The fourth-order valence-corrected chi connectivity index (χ4v) is 4.73. The molecule has 1 saturated heterocycles. The van der Waals surface area contributed by atoms with Crippen LogP contribution in [0.25, 0.3) is 22.8 Å². The minimum absolute atomic E-state index is 0.0275. The van der Waals surface area contributed by atoms with Gasteiger partial charge in [-0.05, 0) is 40.2 Å². The molecule has 3 amide bonds. The van der Waals surface area contributed by atoms with Crippen molar-refractivity contribution in [2.24, 2.45) is 0 Å². The van der Waals surface area contributed by atoms with Crippen LogP contribution in [0, 0.1) is 5.21 Å². The summed E-state index contributed by atoms with van der Waals surface area (Å²) in [4.78, 5) is 64.2. The van der Waals surface area contributed by atoms with Crippen molar-refractivity contribution in [3.05, 3.63) is 71.7 Å². The fraction of sp³-hybridized carbons (Fsp3) is 0.406. The zero-order valence-electron chi connectivity index (χ0n) is 25.9. The smallest absolute Gasteiger partial charge is 0.409 e. The highest BCUT2D eigenvalue weighted by Gasteiger charge is 2.32. The largest absolute Gasteiger partial charge is 0.618 e. The van der Waals surface area contributed by atoms with Crippen molar-refractivity contribution in [3.8, 4) is 22.8 Å². The second-order valence-corrected chi connectivity index (χ2v) is 11.4. The Morgan fingerprint density at radius 1 is 0.978 bits per heavy atom. The maximum absolute atomic E-state index is 13.7. The highest BCUT2D eigenvalue weighted by atomic mass is 16.6. The third kappa shape index (κ3) is 8.97. The highest BCUT2D eigenvalue weighted by molar-refractivity contribution is 5.97. The summed E-state index contributed by atoms with van der Waals surface area (Å²) >= 11 is 0. The molecule has 1 atom stereocenters. The predicted molar refractivity (Wildman–Crippen MR) is 163 cm³/mol. The Hall–Kier alpha value is -5.07. The van der Waals surface area contributed by atoms with Crippen LogP contribution in [-0.2, 0) is 19.1 Å². The normalized spacial score (nSPS) is 14.0. The topological polar surface area (TPSA) is 158 Å². The number of carbonyl (C=O) groups is 4. The molecule has 1 aromatic carbocycles. The number of rotatable bonds is 9. The number of ether oxygens (including phenoxy) is 2. The van der Waals surface area contributed by atoms with Gasteiger partial charge in [-0.2, -0.15) is 4.73 Å². The predicted octanol–water partition coefficient (Wildman–Crippen LogP) is 2.97. The van der Waals surface area contributed by atoms with Crippen LogP contribution in [0.1, 0.15) is 51.0 Å². The summed E-state index contributed by atoms with van der Waals surface area (Å²) in [7, 11) is 0. The molecule has 238 valence electrons. The van der Waals surface area contributed by atoms with Crippen LogP contribution in [0.3, 0.4) is 0 Å². The Kier molecular flexibility index (Phi) is 10.7. The minimum Gasteiger partial charge on any atom is -0.618 e. The third-order valence-corrected chi connectivity index (χ3v) is 6.86. The van der Waals surface area contributed by atoms with Gasteiger partial charge in [-0.15, -0.1) is 0 Å². The molecule has 0 saturated carbocycles.